The summed E-state index contributed by atoms with van der Waals surface area (Å²) < 4.78 is 0. The molecule has 66 valence electrons. The number of hydrogen-bond acceptors (Lipinski definition) is 2. The lowest BCUT2D eigenvalue weighted by Crippen LogP contribution is -1.87. The highest BCUT2D eigenvalue weighted by Crippen LogP contribution is 2.08. The van der Waals surface area contributed by atoms with Crippen LogP contribution in [0, 0.1) is 0 Å². The molecule has 0 aliphatic heterocycles. The molecular weight excluding hydrogens is 156 g/mol. The maximum Gasteiger partial charge on any atom is 0.290 e. The van der Waals surface area contributed by atoms with Crippen LogP contribution in [0.1, 0.15) is 18.6 Å². The Morgan fingerprint density at radius 3 is 2.00 bits per heavy atom. The second-order valence-electron chi connectivity index (χ2n) is 2.19. The second-order valence-corrected chi connectivity index (χ2v) is 2.19. The van der Waals surface area contributed by atoms with Crippen molar-refractivity contribution in [3.63, 3.8) is 0 Å². The van der Waals surface area contributed by atoms with Gasteiger partial charge in [0.1, 0.15) is 0 Å². The van der Waals surface area contributed by atoms with Crippen LogP contribution in [0.4, 0.5) is 0 Å². The number of rotatable bonds is 1. The molecule has 3 nitrogen and oxygen atoms in total. The number of carbonyl (C=O) groups is 1. The lowest BCUT2D eigenvalue weighted by atomic mass is 10.1. The van der Waals surface area contributed by atoms with Crippen molar-refractivity contribution < 1.29 is 15.0 Å². The molecule has 1 rings (SSSR count). The first-order valence-electron chi connectivity index (χ1n) is 3.53. The van der Waals surface area contributed by atoms with Crippen LogP contribution in [0.25, 0.3) is 0 Å². The molecule has 3 heteroatoms. The fourth-order valence-corrected chi connectivity index (χ4v) is 0.732. The van der Waals surface area contributed by atoms with Gasteiger partial charge in [-0.05, 0) is 12.5 Å². The van der Waals surface area contributed by atoms with Crippen LogP contribution in [-0.2, 0) is 4.79 Å². The van der Waals surface area contributed by atoms with Gasteiger partial charge in [0, 0.05) is 0 Å². The van der Waals surface area contributed by atoms with Crippen LogP contribution in [0.15, 0.2) is 30.3 Å². The van der Waals surface area contributed by atoms with E-state index in [1.807, 2.05) is 30.3 Å². The van der Waals surface area contributed by atoms with Crippen LogP contribution in [0.5, 0.6) is 0 Å². The molecule has 0 aliphatic carbocycles. The number of aliphatic hydroxyl groups is 1. The van der Waals surface area contributed by atoms with Crippen molar-refractivity contribution in [2.45, 2.75) is 13.0 Å². The predicted octanol–water partition coefficient (Wildman–Crippen LogP) is 1.44. The van der Waals surface area contributed by atoms with E-state index in [1.54, 1.807) is 6.92 Å². The Balaban J connectivity index is 0.000000354. The topological polar surface area (TPSA) is 57.5 Å². The average molecular weight is 168 g/mol. The molecule has 0 spiro atoms. The summed E-state index contributed by atoms with van der Waals surface area (Å²) in [6.07, 6.45) is -0.341. The smallest absolute Gasteiger partial charge is 0.290 e. The van der Waals surface area contributed by atoms with Crippen LogP contribution in [0.3, 0.4) is 0 Å². The SMILES string of the molecule is C[C@H](O)c1ccccc1.O=CO. The first-order valence-corrected chi connectivity index (χ1v) is 3.53. The van der Waals surface area contributed by atoms with E-state index in [2.05, 4.69) is 0 Å². The van der Waals surface area contributed by atoms with Crippen molar-refractivity contribution in [1.82, 2.24) is 0 Å². The Morgan fingerprint density at radius 2 is 1.75 bits per heavy atom. The Kier molecular flexibility index (Phi) is 5.65. The summed E-state index contributed by atoms with van der Waals surface area (Å²) in [5.74, 6) is 0. The summed E-state index contributed by atoms with van der Waals surface area (Å²) in [5, 5.41) is 15.9. The molecule has 0 fully saturated rings. The van der Waals surface area contributed by atoms with Gasteiger partial charge in [-0.15, -0.1) is 0 Å². The zero-order valence-electron chi connectivity index (χ0n) is 6.84. The van der Waals surface area contributed by atoms with Gasteiger partial charge in [-0.3, -0.25) is 4.79 Å². The summed E-state index contributed by atoms with van der Waals surface area (Å²) >= 11 is 0. The highest BCUT2D eigenvalue weighted by atomic mass is 16.3. The first-order chi connectivity index (χ1) is 5.72. The molecule has 1 aromatic carbocycles. The fourth-order valence-electron chi connectivity index (χ4n) is 0.732. The third kappa shape index (κ3) is 4.46. The van der Waals surface area contributed by atoms with E-state index in [4.69, 9.17) is 15.0 Å². The molecule has 2 N–H and O–H groups in total. The minimum Gasteiger partial charge on any atom is -0.483 e. The summed E-state index contributed by atoms with van der Waals surface area (Å²) in [6.45, 7) is 1.51. The summed E-state index contributed by atoms with van der Waals surface area (Å²) in [7, 11) is 0. The van der Waals surface area contributed by atoms with Gasteiger partial charge in [0.2, 0.25) is 0 Å². The van der Waals surface area contributed by atoms with Gasteiger partial charge in [0.15, 0.2) is 0 Å². The summed E-state index contributed by atoms with van der Waals surface area (Å²) in [6, 6.07) is 9.59. The highest BCUT2D eigenvalue weighted by Gasteiger charge is 1.95. The van der Waals surface area contributed by atoms with Gasteiger partial charge in [-0.25, -0.2) is 0 Å². The van der Waals surface area contributed by atoms with Crippen LogP contribution in [-0.4, -0.2) is 16.7 Å². The van der Waals surface area contributed by atoms with Crippen LogP contribution >= 0.6 is 0 Å². The monoisotopic (exact) mass is 168 g/mol. The Morgan fingerprint density at radius 1 is 1.33 bits per heavy atom. The number of carboxylic acid groups (broad SMARTS) is 1. The molecular formula is C9H12O3. The molecule has 0 bridgehead atoms. The second kappa shape index (κ2) is 6.37. The molecule has 1 aromatic rings. The number of hydrogen-bond donors (Lipinski definition) is 2. The van der Waals surface area contributed by atoms with E-state index in [0.717, 1.165) is 5.56 Å². The minimum atomic E-state index is -0.341. The van der Waals surface area contributed by atoms with Crippen molar-refractivity contribution in [2.75, 3.05) is 0 Å². The highest BCUT2D eigenvalue weighted by molar-refractivity contribution is 5.32. The van der Waals surface area contributed by atoms with Gasteiger partial charge >= 0.3 is 0 Å². The standard InChI is InChI=1S/C8H10O.CH2O2/c1-7(9)8-5-3-2-4-6-8;2-1-3/h2-7,9H,1H3;1H,(H,2,3)/t7-;/m0./s1. The molecule has 0 saturated heterocycles. The molecule has 0 unspecified atom stereocenters. The van der Waals surface area contributed by atoms with Crippen molar-refractivity contribution in [2.24, 2.45) is 0 Å². The summed E-state index contributed by atoms with van der Waals surface area (Å²) in [4.78, 5) is 8.36. The van der Waals surface area contributed by atoms with Crippen molar-refractivity contribution in [3.05, 3.63) is 35.9 Å². The summed E-state index contributed by atoms with van der Waals surface area (Å²) in [5.41, 5.74) is 0.970. The largest absolute Gasteiger partial charge is 0.483 e. The van der Waals surface area contributed by atoms with E-state index < -0.39 is 0 Å². The lowest BCUT2D eigenvalue weighted by Gasteiger charge is -2.00. The zero-order valence-corrected chi connectivity index (χ0v) is 6.84. The fraction of sp³-hybridized carbons (Fsp3) is 0.222. The van der Waals surface area contributed by atoms with E-state index in [9.17, 15) is 0 Å². The average Bonchev–Trinajstić information content (AvgIpc) is 2.07. The third-order valence-corrected chi connectivity index (χ3v) is 1.28. The predicted molar refractivity (Wildman–Crippen MR) is 45.8 cm³/mol. The molecule has 0 saturated carbocycles. The lowest BCUT2D eigenvalue weighted by molar-refractivity contribution is -0.122. The van der Waals surface area contributed by atoms with E-state index >= 15 is 0 Å². The Bertz CT molecular complexity index is 206. The van der Waals surface area contributed by atoms with Crippen molar-refractivity contribution in [3.8, 4) is 0 Å². The molecule has 0 amide bonds. The van der Waals surface area contributed by atoms with Gasteiger partial charge in [0.05, 0.1) is 6.10 Å². The third-order valence-electron chi connectivity index (χ3n) is 1.28. The van der Waals surface area contributed by atoms with Crippen molar-refractivity contribution >= 4 is 6.47 Å². The van der Waals surface area contributed by atoms with Crippen LogP contribution in [0.2, 0.25) is 0 Å². The number of benzene rings is 1. The maximum atomic E-state index is 9.02. The van der Waals surface area contributed by atoms with E-state index in [0.29, 0.717) is 0 Å². The Labute approximate surface area is 71.3 Å². The first kappa shape index (κ1) is 10.7. The number of aliphatic hydroxyl groups excluding tert-OH is 1. The molecule has 0 heterocycles. The Hall–Kier alpha value is -1.35. The zero-order chi connectivity index (χ0) is 9.40. The molecule has 0 aliphatic rings. The molecule has 0 radical (unpaired) electrons. The molecule has 0 aromatic heterocycles. The van der Waals surface area contributed by atoms with Crippen molar-refractivity contribution in [1.29, 1.82) is 0 Å². The normalized spacial score (nSPS) is 10.8. The van der Waals surface area contributed by atoms with E-state index in [-0.39, 0.29) is 12.6 Å². The quantitative estimate of drug-likeness (QED) is 0.624. The van der Waals surface area contributed by atoms with Gasteiger partial charge in [-0.1, -0.05) is 30.3 Å². The minimum absolute atomic E-state index is 0.250. The van der Waals surface area contributed by atoms with Gasteiger partial charge < -0.3 is 10.2 Å². The van der Waals surface area contributed by atoms with E-state index in [1.165, 1.54) is 0 Å². The molecule has 1 atom stereocenters. The maximum absolute atomic E-state index is 9.02. The van der Waals surface area contributed by atoms with Gasteiger partial charge in [-0.2, -0.15) is 0 Å². The molecule has 12 heavy (non-hydrogen) atoms. The van der Waals surface area contributed by atoms with Crippen LogP contribution < -0.4 is 0 Å². The van der Waals surface area contributed by atoms with Gasteiger partial charge in [0.25, 0.3) is 6.47 Å².